The SMILES string of the molecule is CCC1(C)C/C(=N/OCCCN(C)C)C(C)C(C)(CC)N1OC(C)c1ccccc1. The van der Waals surface area contributed by atoms with Gasteiger partial charge in [0.15, 0.2) is 0 Å². The van der Waals surface area contributed by atoms with Gasteiger partial charge in [-0.15, -0.1) is 0 Å². The molecular weight excluding hydrogens is 374 g/mol. The van der Waals surface area contributed by atoms with Crippen molar-refractivity contribution in [3.8, 4) is 0 Å². The smallest absolute Gasteiger partial charge is 0.118 e. The van der Waals surface area contributed by atoms with Crippen LogP contribution in [0.1, 0.15) is 78.9 Å². The van der Waals surface area contributed by atoms with Gasteiger partial charge in [0.1, 0.15) is 12.7 Å². The lowest BCUT2D eigenvalue weighted by Gasteiger charge is -2.57. The molecule has 2 rings (SSSR count). The molecule has 30 heavy (non-hydrogen) atoms. The van der Waals surface area contributed by atoms with E-state index in [2.05, 4.69) is 95.0 Å². The summed E-state index contributed by atoms with van der Waals surface area (Å²) in [4.78, 5) is 14.6. The van der Waals surface area contributed by atoms with Crippen LogP contribution in [-0.4, -0.2) is 54.0 Å². The van der Waals surface area contributed by atoms with E-state index in [1.165, 1.54) is 5.56 Å². The Morgan fingerprint density at radius 3 is 2.40 bits per heavy atom. The second-order valence-corrected chi connectivity index (χ2v) is 9.49. The van der Waals surface area contributed by atoms with E-state index in [4.69, 9.17) is 9.68 Å². The number of oxime groups is 1. The van der Waals surface area contributed by atoms with Crippen LogP contribution in [0.3, 0.4) is 0 Å². The van der Waals surface area contributed by atoms with E-state index in [0.29, 0.717) is 6.61 Å². The van der Waals surface area contributed by atoms with Gasteiger partial charge < -0.3 is 9.74 Å². The minimum absolute atomic E-state index is 0.00378. The zero-order chi connectivity index (χ0) is 22.4. The van der Waals surface area contributed by atoms with Crippen molar-refractivity contribution in [1.82, 2.24) is 9.96 Å². The Bertz CT molecular complexity index is 678. The van der Waals surface area contributed by atoms with Crippen molar-refractivity contribution in [2.45, 2.75) is 84.4 Å². The number of benzene rings is 1. The first-order chi connectivity index (χ1) is 14.2. The highest BCUT2D eigenvalue weighted by molar-refractivity contribution is 5.89. The number of hydrogen-bond acceptors (Lipinski definition) is 5. The predicted octanol–water partition coefficient (Wildman–Crippen LogP) is 5.68. The maximum Gasteiger partial charge on any atom is 0.118 e. The van der Waals surface area contributed by atoms with Crippen molar-refractivity contribution in [2.75, 3.05) is 27.2 Å². The first-order valence-corrected chi connectivity index (χ1v) is 11.5. The van der Waals surface area contributed by atoms with Gasteiger partial charge in [0, 0.05) is 24.4 Å². The van der Waals surface area contributed by atoms with Crippen LogP contribution in [0.4, 0.5) is 0 Å². The molecule has 1 aromatic carbocycles. The Morgan fingerprint density at radius 2 is 1.83 bits per heavy atom. The molecule has 1 saturated heterocycles. The van der Waals surface area contributed by atoms with Gasteiger partial charge in [0.25, 0.3) is 0 Å². The van der Waals surface area contributed by atoms with E-state index in [-0.39, 0.29) is 23.1 Å². The fourth-order valence-corrected chi connectivity index (χ4v) is 4.36. The molecular formula is C25H43N3O2. The summed E-state index contributed by atoms with van der Waals surface area (Å²) >= 11 is 0. The number of rotatable bonds is 10. The zero-order valence-electron chi connectivity index (χ0n) is 20.4. The van der Waals surface area contributed by atoms with Gasteiger partial charge in [-0.1, -0.05) is 56.3 Å². The number of piperidine rings is 1. The molecule has 1 aromatic rings. The Kier molecular flexibility index (Phi) is 8.89. The van der Waals surface area contributed by atoms with Crippen LogP contribution < -0.4 is 0 Å². The first kappa shape index (κ1) is 24.8. The molecule has 170 valence electrons. The Balaban J connectivity index is 2.22. The number of hydrogen-bond donors (Lipinski definition) is 0. The maximum atomic E-state index is 6.71. The second-order valence-electron chi connectivity index (χ2n) is 9.49. The summed E-state index contributed by atoms with van der Waals surface area (Å²) in [6.07, 6.45) is 3.80. The predicted molar refractivity (Wildman–Crippen MR) is 126 cm³/mol. The Morgan fingerprint density at radius 1 is 1.17 bits per heavy atom. The van der Waals surface area contributed by atoms with E-state index in [9.17, 15) is 0 Å². The third-order valence-corrected chi connectivity index (χ3v) is 6.98. The molecule has 0 aromatic heterocycles. The van der Waals surface area contributed by atoms with Crippen molar-refractivity contribution < 1.29 is 9.68 Å². The van der Waals surface area contributed by atoms with Crippen LogP contribution in [0.25, 0.3) is 0 Å². The Labute approximate surface area is 184 Å². The molecule has 4 unspecified atom stereocenters. The minimum Gasteiger partial charge on any atom is -0.396 e. The van der Waals surface area contributed by atoms with Crippen molar-refractivity contribution in [3.05, 3.63) is 35.9 Å². The van der Waals surface area contributed by atoms with Gasteiger partial charge in [-0.25, -0.2) is 0 Å². The Hall–Kier alpha value is -1.43. The average molecular weight is 418 g/mol. The van der Waals surface area contributed by atoms with Crippen molar-refractivity contribution in [1.29, 1.82) is 0 Å². The molecule has 1 aliphatic heterocycles. The molecule has 4 atom stereocenters. The van der Waals surface area contributed by atoms with Gasteiger partial charge in [-0.3, -0.25) is 4.84 Å². The quantitative estimate of drug-likeness (QED) is 0.362. The maximum absolute atomic E-state index is 6.71. The molecule has 1 heterocycles. The van der Waals surface area contributed by atoms with Crippen LogP contribution in [0, 0.1) is 5.92 Å². The van der Waals surface area contributed by atoms with E-state index in [1.54, 1.807) is 0 Å². The summed E-state index contributed by atoms with van der Waals surface area (Å²) in [6, 6.07) is 10.5. The van der Waals surface area contributed by atoms with Crippen LogP contribution in [-0.2, 0) is 9.68 Å². The molecule has 5 nitrogen and oxygen atoms in total. The lowest BCUT2D eigenvalue weighted by molar-refractivity contribution is -0.310. The third-order valence-electron chi connectivity index (χ3n) is 6.98. The van der Waals surface area contributed by atoms with Crippen LogP contribution in [0.5, 0.6) is 0 Å². The fourth-order valence-electron chi connectivity index (χ4n) is 4.36. The second kappa shape index (κ2) is 10.7. The summed E-state index contributed by atoms with van der Waals surface area (Å²) in [5.74, 6) is 0.249. The van der Waals surface area contributed by atoms with E-state index in [1.807, 2.05) is 6.07 Å². The van der Waals surface area contributed by atoms with Gasteiger partial charge >= 0.3 is 0 Å². The molecule has 1 aliphatic rings. The summed E-state index contributed by atoms with van der Waals surface area (Å²) < 4.78 is 0. The van der Waals surface area contributed by atoms with E-state index < -0.39 is 0 Å². The number of nitrogens with zero attached hydrogens (tertiary/aromatic N) is 3. The monoisotopic (exact) mass is 417 g/mol. The molecule has 1 fully saturated rings. The van der Waals surface area contributed by atoms with Crippen LogP contribution >= 0.6 is 0 Å². The van der Waals surface area contributed by atoms with E-state index >= 15 is 0 Å². The molecule has 0 aliphatic carbocycles. The van der Waals surface area contributed by atoms with Gasteiger partial charge in [-0.05, 0) is 59.7 Å². The third kappa shape index (κ3) is 5.63. The molecule has 0 bridgehead atoms. The summed E-state index contributed by atoms with van der Waals surface area (Å²) in [5.41, 5.74) is 2.07. The lowest BCUT2D eigenvalue weighted by atomic mass is 9.70. The fraction of sp³-hybridized carbons (Fsp3) is 0.720. The van der Waals surface area contributed by atoms with Gasteiger partial charge in [-0.2, -0.15) is 5.06 Å². The molecule has 0 N–H and O–H groups in total. The highest BCUT2D eigenvalue weighted by atomic mass is 16.7. The average Bonchev–Trinajstić information content (AvgIpc) is 2.74. The van der Waals surface area contributed by atoms with Crippen LogP contribution in [0.2, 0.25) is 0 Å². The normalized spacial score (nSPS) is 30.0. The molecule has 0 amide bonds. The zero-order valence-corrected chi connectivity index (χ0v) is 20.4. The van der Waals surface area contributed by atoms with E-state index in [0.717, 1.165) is 37.9 Å². The topological polar surface area (TPSA) is 37.3 Å². The highest BCUT2D eigenvalue weighted by Gasteiger charge is 2.53. The van der Waals surface area contributed by atoms with Crippen molar-refractivity contribution in [2.24, 2.45) is 11.1 Å². The minimum atomic E-state index is -0.155. The van der Waals surface area contributed by atoms with Crippen molar-refractivity contribution in [3.63, 3.8) is 0 Å². The van der Waals surface area contributed by atoms with Gasteiger partial charge in [0.05, 0.1) is 11.3 Å². The lowest BCUT2D eigenvalue weighted by Crippen LogP contribution is -2.66. The van der Waals surface area contributed by atoms with Crippen molar-refractivity contribution >= 4 is 5.71 Å². The summed E-state index contributed by atoms with van der Waals surface area (Å²) in [5, 5.41) is 6.93. The highest BCUT2D eigenvalue weighted by Crippen LogP contribution is 2.46. The molecule has 0 spiro atoms. The first-order valence-electron chi connectivity index (χ1n) is 11.5. The summed E-state index contributed by atoms with van der Waals surface area (Å²) in [7, 11) is 4.17. The molecule has 0 radical (unpaired) electrons. The number of hydroxylamine groups is 2. The van der Waals surface area contributed by atoms with Gasteiger partial charge in [0.2, 0.25) is 0 Å². The largest absolute Gasteiger partial charge is 0.396 e. The molecule has 0 saturated carbocycles. The van der Waals surface area contributed by atoms with Crippen LogP contribution in [0.15, 0.2) is 35.5 Å². The molecule has 5 heteroatoms. The standard InChI is InChI=1S/C25H43N3O2/c1-9-24(5)19-23(26-29-18-14-17-27(7)8)20(3)25(6,10-2)28(24)30-21(4)22-15-12-11-13-16-22/h11-13,15-16,20-21H,9-10,14,17-19H2,1-8H3/b26-23-. The summed E-state index contributed by atoms with van der Waals surface area (Å²) in [6.45, 7) is 15.2.